The molecule has 2 heterocycles. The molecule has 2 saturated heterocycles. The molecule has 1 N–H and O–H groups in total. The Morgan fingerprint density at radius 2 is 2.17 bits per heavy atom. The molecule has 2 atom stereocenters. The Labute approximate surface area is 75.3 Å². The monoisotopic (exact) mass is 168 g/mol. The SMILES string of the molecule is CC(C)N1CCC2CCNC2C1. The van der Waals surface area contributed by atoms with Crippen LogP contribution in [0.25, 0.3) is 0 Å². The van der Waals surface area contributed by atoms with Gasteiger partial charge in [-0.1, -0.05) is 0 Å². The minimum Gasteiger partial charge on any atom is -0.312 e. The van der Waals surface area contributed by atoms with Gasteiger partial charge in [-0.15, -0.1) is 0 Å². The van der Waals surface area contributed by atoms with E-state index in [0.29, 0.717) is 0 Å². The average molecular weight is 168 g/mol. The summed E-state index contributed by atoms with van der Waals surface area (Å²) in [5.41, 5.74) is 0. The quantitative estimate of drug-likeness (QED) is 0.630. The van der Waals surface area contributed by atoms with Crippen LogP contribution in [0, 0.1) is 5.92 Å². The molecule has 12 heavy (non-hydrogen) atoms. The van der Waals surface area contributed by atoms with Gasteiger partial charge in [0, 0.05) is 18.6 Å². The van der Waals surface area contributed by atoms with Crippen LogP contribution in [-0.4, -0.2) is 36.6 Å². The van der Waals surface area contributed by atoms with Gasteiger partial charge in [-0.05, 0) is 45.7 Å². The lowest BCUT2D eigenvalue weighted by molar-refractivity contribution is 0.134. The van der Waals surface area contributed by atoms with Crippen LogP contribution in [0.15, 0.2) is 0 Å². The highest BCUT2D eigenvalue weighted by Gasteiger charge is 2.32. The fraction of sp³-hybridized carbons (Fsp3) is 1.00. The summed E-state index contributed by atoms with van der Waals surface area (Å²) in [5, 5.41) is 3.60. The van der Waals surface area contributed by atoms with Gasteiger partial charge >= 0.3 is 0 Å². The van der Waals surface area contributed by atoms with Gasteiger partial charge in [0.1, 0.15) is 0 Å². The molecule has 0 bridgehead atoms. The zero-order valence-corrected chi connectivity index (χ0v) is 8.21. The molecular formula is C10H20N2. The summed E-state index contributed by atoms with van der Waals surface area (Å²) >= 11 is 0. The lowest BCUT2D eigenvalue weighted by atomic mass is 9.92. The molecule has 2 rings (SSSR count). The molecule has 0 aromatic heterocycles. The van der Waals surface area contributed by atoms with Crippen molar-refractivity contribution in [2.24, 2.45) is 5.92 Å². The number of fused-ring (bicyclic) bond motifs is 1. The standard InChI is InChI=1S/C10H20N2/c1-8(2)12-6-4-9-3-5-11-10(9)7-12/h8-11H,3-7H2,1-2H3. The fourth-order valence-corrected chi connectivity index (χ4v) is 2.53. The van der Waals surface area contributed by atoms with Crippen LogP contribution in [0.4, 0.5) is 0 Å². The second-order valence-electron chi connectivity index (χ2n) is 4.49. The highest BCUT2D eigenvalue weighted by Crippen LogP contribution is 2.25. The second-order valence-corrected chi connectivity index (χ2v) is 4.49. The summed E-state index contributed by atoms with van der Waals surface area (Å²) in [6.45, 7) is 8.45. The topological polar surface area (TPSA) is 15.3 Å². The third-order valence-corrected chi connectivity index (χ3v) is 3.44. The smallest absolute Gasteiger partial charge is 0.0224 e. The van der Waals surface area contributed by atoms with Crippen molar-refractivity contribution in [2.45, 2.75) is 38.8 Å². The highest BCUT2D eigenvalue weighted by atomic mass is 15.2. The molecule has 2 aliphatic rings. The highest BCUT2D eigenvalue weighted by molar-refractivity contribution is 4.91. The number of likely N-dealkylation sites (tertiary alicyclic amines) is 1. The molecule has 0 aromatic carbocycles. The molecule has 2 heteroatoms. The molecule has 0 aliphatic carbocycles. The molecule has 0 spiro atoms. The third kappa shape index (κ3) is 1.50. The van der Waals surface area contributed by atoms with E-state index in [1.54, 1.807) is 0 Å². The van der Waals surface area contributed by atoms with E-state index in [1.807, 2.05) is 0 Å². The summed E-state index contributed by atoms with van der Waals surface area (Å²) in [7, 11) is 0. The lowest BCUT2D eigenvalue weighted by Gasteiger charge is -2.37. The predicted molar refractivity (Wildman–Crippen MR) is 51.2 cm³/mol. The van der Waals surface area contributed by atoms with Crippen LogP contribution in [-0.2, 0) is 0 Å². The minimum absolute atomic E-state index is 0.730. The minimum atomic E-state index is 0.730. The zero-order valence-electron chi connectivity index (χ0n) is 8.21. The maximum atomic E-state index is 3.60. The van der Waals surface area contributed by atoms with E-state index in [4.69, 9.17) is 0 Å². The first-order chi connectivity index (χ1) is 5.77. The van der Waals surface area contributed by atoms with Crippen molar-refractivity contribution in [3.05, 3.63) is 0 Å². The van der Waals surface area contributed by atoms with Crippen LogP contribution in [0.5, 0.6) is 0 Å². The Bertz CT molecular complexity index is 156. The van der Waals surface area contributed by atoms with Crippen LogP contribution in [0.2, 0.25) is 0 Å². The second kappa shape index (κ2) is 3.35. The first kappa shape index (κ1) is 8.52. The van der Waals surface area contributed by atoms with Gasteiger partial charge in [-0.2, -0.15) is 0 Å². The maximum absolute atomic E-state index is 3.60. The number of rotatable bonds is 1. The number of hydrogen-bond donors (Lipinski definition) is 1. The van der Waals surface area contributed by atoms with E-state index in [9.17, 15) is 0 Å². The Balaban J connectivity index is 1.92. The van der Waals surface area contributed by atoms with Crippen molar-refractivity contribution in [1.82, 2.24) is 10.2 Å². The molecule has 0 amide bonds. The van der Waals surface area contributed by atoms with Crippen molar-refractivity contribution in [1.29, 1.82) is 0 Å². The van der Waals surface area contributed by atoms with Crippen molar-refractivity contribution >= 4 is 0 Å². The van der Waals surface area contributed by atoms with Crippen molar-refractivity contribution in [3.63, 3.8) is 0 Å². The van der Waals surface area contributed by atoms with E-state index in [0.717, 1.165) is 18.0 Å². The number of piperidine rings is 1. The van der Waals surface area contributed by atoms with E-state index in [1.165, 1.54) is 32.5 Å². The molecule has 2 fully saturated rings. The molecule has 2 unspecified atom stereocenters. The third-order valence-electron chi connectivity index (χ3n) is 3.44. The summed E-state index contributed by atoms with van der Waals surface area (Å²) in [6, 6.07) is 1.54. The molecule has 2 nitrogen and oxygen atoms in total. The molecule has 0 radical (unpaired) electrons. The zero-order chi connectivity index (χ0) is 8.55. The number of nitrogens with zero attached hydrogens (tertiary/aromatic N) is 1. The van der Waals surface area contributed by atoms with Crippen LogP contribution >= 0.6 is 0 Å². The summed E-state index contributed by atoms with van der Waals surface area (Å²) < 4.78 is 0. The first-order valence-corrected chi connectivity index (χ1v) is 5.25. The summed E-state index contributed by atoms with van der Waals surface area (Å²) in [5.74, 6) is 0.986. The number of nitrogens with one attached hydrogen (secondary N) is 1. The van der Waals surface area contributed by atoms with Gasteiger partial charge in [0.2, 0.25) is 0 Å². The van der Waals surface area contributed by atoms with E-state index < -0.39 is 0 Å². The number of hydrogen-bond acceptors (Lipinski definition) is 2. The Kier molecular flexibility index (Phi) is 2.37. The Hall–Kier alpha value is -0.0800. The van der Waals surface area contributed by atoms with Gasteiger partial charge in [0.15, 0.2) is 0 Å². The lowest BCUT2D eigenvalue weighted by Crippen LogP contribution is -2.48. The van der Waals surface area contributed by atoms with Gasteiger partial charge < -0.3 is 5.32 Å². The largest absolute Gasteiger partial charge is 0.312 e. The molecule has 70 valence electrons. The van der Waals surface area contributed by atoms with E-state index in [-0.39, 0.29) is 0 Å². The predicted octanol–water partition coefficient (Wildman–Crippen LogP) is 1.08. The molecular weight excluding hydrogens is 148 g/mol. The van der Waals surface area contributed by atoms with Crippen LogP contribution in [0.1, 0.15) is 26.7 Å². The van der Waals surface area contributed by atoms with E-state index >= 15 is 0 Å². The molecule has 0 aromatic rings. The van der Waals surface area contributed by atoms with Crippen molar-refractivity contribution in [3.8, 4) is 0 Å². The van der Waals surface area contributed by atoms with Crippen molar-refractivity contribution in [2.75, 3.05) is 19.6 Å². The fourth-order valence-electron chi connectivity index (χ4n) is 2.53. The van der Waals surface area contributed by atoms with Crippen molar-refractivity contribution < 1.29 is 0 Å². The maximum Gasteiger partial charge on any atom is 0.0224 e. The first-order valence-electron chi connectivity index (χ1n) is 5.25. The van der Waals surface area contributed by atoms with Crippen LogP contribution in [0.3, 0.4) is 0 Å². The van der Waals surface area contributed by atoms with E-state index in [2.05, 4.69) is 24.1 Å². The molecule has 2 aliphatic heterocycles. The summed E-state index contributed by atoms with van der Waals surface area (Å²) in [6.07, 6.45) is 2.83. The van der Waals surface area contributed by atoms with Gasteiger partial charge in [-0.25, -0.2) is 0 Å². The Morgan fingerprint density at radius 1 is 1.33 bits per heavy atom. The molecule has 0 saturated carbocycles. The van der Waals surface area contributed by atoms with Crippen LogP contribution < -0.4 is 5.32 Å². The van der Waals surface area contributed by atoms with Gasteiger partial charge in [0.25, 0.3) is 0 Å². The average Bonchev–Trinajstić information content (AvgIpc) is 2.49. The van der Waals surface area contributed by atoms with Gasteiger partial charge in [0.05, 0.1) is 0 Å². The Morgan fingerprint density at radius 3 is 2.92 bits per heavy atom. The normalized spacial score (nSPS) is 37.2. The van der Waals surface area contributed by atoms with Gasteiger partial charge in [-0.3, -0.25) is 4.90 Å². The summed E-state index contributed by atoms with van der Waals surface area (Å²) in [4.78, 5) is 2.60.